The lowest BCUT2D eigenvalue weighted by molar-refractivity contribution is -0.140. The first-order valence-corrected chi connectivity index (χ1v) is 16.5. The highest BCUT2D eigenvalue weighted by molar-refractivity contribution is 7.92. The summed E-state index contributed by atoms with van der Waals surface area (Å²) in [5.74, 6) is -0.519. The van der Waals surface area contributed by atoms with Crippen LogP contribution in [0.2, 0.25) is 10.0 Å². The van der Waals surface area contributed by atoms with Gasteiger partial charge in [-0.25, -0.2) is 8.42 Å². The van der Waals surface area contributed by atoms with E-state index < -0.39 is 34.4 Å². The van der Waals surface area contributed by atoms with Crippen LogP contribution in [0.15, 0.2) is 102 Å². The largest absolute Gasteiger partial charge is 0.497 e. The van der Waals surface area contributed by atoms with Gasteiger partial charge in [-0.2, -0.15) is 0 Å². The quantitative estimate of drug-likeness (QED) is 0.181. The number of sulfonamides is 1. The standard InChI is InChI=1S/C34H35Cl2N3O5S/c1-4-37-34(41)32(21-25-9-6-5-7-10-25)38(22-29-30(35)11-8-12-31(29)36)33(40)23-39(26-15-13-24(2)14-16-26)45(42,43)28-19-17-27(44-3)18-20-28/h5-20,32H,4,21-23H2,1-3H3,(H,37,41)/t32-/m1/s1. The summed E-state index contributed by atoms with van der Waals surface area (Å²) in [5, 5.41) is 3.46. The van der Waals surface area contributed by atoms with Crippen LogP contribution in [0.4, 0.5) is 5.69 Å². The number of nitrogens with one attached hydrogen (secondary N) is 1. The molecule has 11 heteroatoms. The molecule has 4 aromatic rings. The van der Waals surface area contributed by atoms with Crippen molar-refractivity contribution in [2.45, 2.75) is 37.8 Å². The Bertz CT molecular complexity index is 1700. The molecule has 2 amide bonds. The van der Waals surface area contributed by atoms with Crippen molar-refractivity contribution in [3.63, 3.8) is 0 Å². The fourth-order valence-corrected chi connectivity index (χ4v) is 6.75. The molecule has 236 valence electrons. The second-order valence-electron chi connectivity index (χ2n) is 10.3. The minimum absolute atomic E-state index is 0.0260. The van der Waals surface area contributed by atoms with E-state index in [4.69, 9.17) is 27.9 Å². The summed E-state index contributed by atoms with van der Waals surface area (Å²) < 4.78 is 34.5. The molecule has 8 nitrogen and oxygen atoms in total. The maximum atomic E-state index is 14.5. The predicted octanol–water partition coefficient (Wildman–Crippen LogP) is 6.28. The van der Waals surface area contributed by atoms with E-state index in [2.05, 4.69) is 5.32 Å². The van der Waals surface area contributed by atoms with E-state index in [1.54, 1.807) is 61.5 Å². The third-order valence-corrected chi connectivity index (χ3v) is 9.76. The van der Waals surface area contributed by atoms with E-state index in [0.29, 0.717) is 27.9 Å². The maximum absolute atomic E-state index is 14.5. The predicted molar refractivity (Wildman–Crippen MR) is 178 cm³/mol. The van der Waals surface area contributed by atoms with E-state index >= 15 is 0 Å². The van der Waals surface area contributed by atoms with Crippen LogP contribution in [0.25, 0.3) is 0 Å². The van der Waals surface area contributed by atoms with Crippen molar-refractivity contribution in [1.82, 2.24) is 10.2 Å². The van der Waals surface area contributed by atoms with Crippen LogP contribution < -0.4 is 14.4 Å². The zero-order chi connectivity index (χ0) is 32.6. The molecule has 0 aliphatic carbocycles. The normalized spacial score (nSPS) is 11.8. The molecule has 1 N–H and O–H groups in total. The molecule has 0 saturated heterocycles. The third-order valence-electron chi connectivity index (χ3n) is 7.26. The Hall–Kier alpha value is -4.05. The molecule has 1 atom stereocenters. The molecule has 0 fully saturated rings. The molecule has 4 aromatic carbocycles. The number of aryl methyl sites for hydroxylation is 1. The number of anilines is 1. The van der Waals surface area contributed by atoms with Crippen LogP contribution in [0, 0.1) is 6.92 Å². The van der Waals surface area contributed by atoms with Gasteiger partial charge in [-0.05, 0) is 67.9 Å². The number of hydrogen-bond donors (Lipinski definition) is 1. The zero-order valence-corrected chi connectivity index (χ0v) is 27.6. The summed E-state index contributed by atoms with van der Waals surface area (Å²) in [6.45, 7) is 3.28. The number of carbonyl (C=O) groups excluding carboxylic acids is 2. The highest BCUT2D eigenvalue weighted by atomic mass is 35.5. The van der Waals surface area contributed by atoms with Crippen LogP contribution in [0.1, 0.15) is 23.6 Å². The Morgan fingerprint density at radius 1 is 0.867 bits per heavy atom. The molecule has 0 spiro atoms. The van der Waals surface area contributed by atoms with Crippen molar-refractivity contribution >= 4 is 50.7 Å². The first-order chi connectivity index (χ1) is 21.5. The van der Waals surface area contributed by atoms with E-state index in [1.165, 1.54) is 24.1 Å². The van der Waals surface area contributed by atoms with Gasteiger partial charge in [-0.15, -0.1) is 0 Å². The van der Waals surface area contributed by atoms with Crippen molar-refractivity contribution in [3.05, 3.63) is 124 Å². The van der Waals surface area contributed by atoms with E-state index in [1.807, 2.05) is 37.3 Å². The molecular weight excluding hydrogens is 633 g/mol. The molecule has 0 aromatic heterocycles. The molecule has 0 heterocycles. The topological polar surface area (TPSA) is 96.0 Å². The van der Waals surface area contributed by atoms with Gasteiger partial charge < -0.3 is 15.0 Å². The van der Waals surface area contributed by atoms with Crippen LogP contribution in [-0.4, -0.2) is 51.4 Å². The monoisotopic (exact) mass is 667 g/mol. The SMILES string of the molecule is CCNC(=O)[C@@H](Cc1ccccc1)N(Cc1c(Cl)cccc1Cl)C(=O)CN(c1ccc(C)cc1)S(=O)(=O)c1ccc(OC)cc1. The molecule has 45 heavy (non-hydrogen) atoms. The molecule has 0 radical (unpaired) electrons. The average molecular weight is 669 g/mol. The number of carbonyl (C=O) groups is 2. The third kappa shape index (κ3) is 8.36. The summed E-state index contributed by atoms with van der Waals surface area (Å²) in [7, 11) is -2.76. The fourth-order valence-electron chi connectivity index (χ4n) is 4.81. The van der Waals surface area contributed by atoms with Gasteiger partial charge in [0.05, 0.1) is 17.7 Å². The number of amides is 2. The summed E-state index contributed by atoms with van der Waals surface area (Å²) in [4.78, 5) is 29.4. The highest BCUT2D eigenvalue weighted by Gasteiger charge is 2.35. The maximum Gasteiger partial charge on any atom is 0.264 e. The molecule has 0 aliphatic rings. The van der Waals surface area contributed by atoms with Gasteiger partial charge in [-0.3, -0.25) is 13.9 Å². The number of hydrogen-bond acceptors (Lipinski definition) is 5. The molecular formula is C34H35Cl2N3O5S. The first-order valence-electron chi connectivity index (χ1n) is 14.3. The van der Waals surface area contributed by atoms with Gasteiger partial charge in [0.15, 0.2) is 0 Å². The van der Waals surface area contributed by atoms with Crippen LogP contribution >= 0.6 is 23.2 Å². The van der Waals surface area contributed by atoms with E-state index in [-0.39, 0.29) is 23.5 Å². The van der Waals surface area contributed by atoms with Crippen LogP contribution in [0.5, 0.6) is 5.75 Å². The summed E-state index contributed by atoms with van der Waals surface area (Å²) in [6.07, 6.45) is 0.177. The van der Waals surface area contributed by atoms with Crippen molar-refractivity contribution in [2.24, 2.45) is 0 Å². The summed E-state index contributed by atoms with van der Waals surface area (Å²) in [5.41, 5.74) is 2.47. The minimum Gasteiger partial charge on any atom is -0.497 e. The molecule has 0 unspecified atom stereocenters. The molecule has 4 rings (SSSR count). The number of methoxy groups -OCH3 is 1. The van der Waals surface area contributed by atoms with Gasteiger partial charge in [0.25, 0.3) is 10.0 Å². The first kappa shape index (κ1) is 33.8. The van der Waals surface area contributed by atoms with E-state index in [9.17, 15) is 18.0 Å². The number of halogens is 2. The molecule has 0 saturated carbocycles. The fraction of sp³-hybridized carbons (Fsp3) is 0.235. The van der Waals surface area contributed by atoms with Crippen molar-refractivity contribution in [3.8, 4) is 5.75 Å². The summed E-state index contributed by atoms with van der Waals surface area (Å²) in [6, 6.07) is 26.0. The van der Waals surface area contributed by atoms with Gasteiger partial charge in [0, 0.05) is 35.1 Å². The van der Waals surface area contributed by atoms with Gasteiger partial charge in [0.1, 0.15) is 18.3 Å². The molecule has 0 bridgehead atoms. The van der Waals surface area contributed by atoms with Gasteiger partial charge >= 0.3 is 0 Å². The number of ether oxygens (including phenoxy) is 1. The van der Waals surface area contributed by atoms with Crippen LogP contribution in [0.3, 0.4) is 0 Å². The average Bonchev–Trinajstić information content (AvgIpc) is 3.03. The van der Waals surface area contributed by atoms with Gasteiger partial charge in [0.2, 0.25) is 11.8 Å². The lowest BCUT2D eigenvalue weighted by atomic mass is 10.0. The summed E-state index contributed by atoms with van der Waals surface area (Å²) >= 11 is 13.1. The van der Waals surface area contributed by atoms with E-state index in [0.717, 1.165) is 15.4 Å². The van der Waals surface area contributed by atoms with Crippen molar-refractivity contribution in [1.29, 1.82) is 0 Å². The number of likely N-dealkylation sites (N-methyl/N-ethyl adjacent to an activating group) is 1. The Kier molecular flexibility index (Phi) is 11.5. The van der Waals surface area contributed by atoms with Crippen LogP contribution in [-0.2, 0) is 32.6 Å². The Labute approximate surface area is 274 Å². The zero-order valence-electron chi connectivity index (χ0n) is 25.2. The minimum atomic E-state index is -4.25. The number of rotatable bonds is 13. The second kappa shape index (κ2) is 15.3. The molecule has 0 aliphatic heterocycles. The lowest BCUT2D eigenvalue weighted by Crippen LogP contribution is -2.53. The van der Waals surface area contributed by atoms with Gasteiger partial charge in [-0.1, -0.05) is 77.3 Å². The Morgan fingerprint density at radius 2 is 1.49 bits per heavy atom. The van der Waals surface area contributed by atoms with Crippen molar-refractivity contribution < 1.29 is 22.7 Å². The Balaban J connectivity index is 1.82. The lowest BCUT2D eigenvalue weighted by Gasteiger charge is -2.34. The Morgan fingerprint density at radius 3 is 2.07 bits per heavy atom. The van der Waals surface area contributed by atoms with Crippen molar-refractivity contribution in [2.75, 3.05) is 24.5 Å². The smallest absolute Gasteiger partial charge is 0.264 e. The second-order valence-corrected chi connectivity index (χ2v) is 13.0. The number of nitrogens with zero attached hydrogens (tertiary/aromatic N) is 2. The number of benzene rings is 4. The highest BCUT2D eigenvalue weighted by Crippen LogP contribution is 2.29.